The van der Waals surface area contributed by atoms with Crippen molar-refractivity contribution in [3.05, 3.63) is 71.0 Å². The van der Waals surface area contributed by atoms with Crippen molar-refractivity contribution in [3.63, 3.8) is 0 Å². The van der Waals surface area contributed by atoms with E-state index in [-0.39, 0.29) is 18.0 Å². The molecule has 0 radical (unpaired) electrons. The topological polar surface area (TPSA) is 89.3 Å². The predicted molar refractivity (Wildman–Crippen MR) is 125 cm³/mol. The lowest BCUT2D eigenvalue weighted by atomic mass is 10.1. The number of benzene rings is 2. The summed E-state index contributed by atoms with van der Waals surface area (Å²) in [7, 11) is 0. The van der Waals surface area contributed by atoms with Gasteiger partial charge in [0.2, 0.25) is 5.91 Å². The number of nitrogens with one attached hydrogen (secondary N) is 1. The lowest BCUT2D eigenvalue weighted by Gasteiger charge is -2.25. The van der Waals surface area contributed by atoms with Gasteiger partial charge in [0.1, 0.15) is 12.2 Å². The first-order valence-electron chi connectivity index (χ1n) is 10.3. The fraction of sp³-hybridized carbons (Fsp3) is 0.217. The van der Waals surface area contributed by atoms with Crippen LogP contribution in [0.25, 0.3) is 21.5 Å². The van der Waals surface area contributed by atoms with E-state index in [1.165, 1.54) is 16.0 Å². The number of nitrogens with zero attached hydrogens (tertiary/aromatic N) is 4. The standard InChI is InChI=1S/C23H21N5O3S/c29-18(24-17-9-5-2-6-10-17)15-28-22(30)20-21(19(26-28)16-7-3-1-4-8-16)32-23(25-20)27-11-13-31-14-12-27/h1-10H,11-15H2,(H,24,29). The second-order valence-electron chi connectivity index (χ2n) is 7.37. The number of fused-ring (bicyclic) bond motifs is 1. The first kappa shape index (κ1) is 20.3. The number of rotatable bonds is 5. The van der Waals surface area contributed by atoms with Crippen LogP contribution in [0.4, 0.5) is 10.8 Å². The van der Waals surface area contributed by atoms with E-state index in [0.717, 1.165) is 28.5 Å². The third-order valence-corrected chi connectivity index (χ3v) is 6.29. The molecule has 3 heterocycles. The lowest BCUT2D eigenvalue weighted by molar-refractivity contribution is -0.117. The second kappa shape index (κ2) is 8.89. The molecule has 0 saturated carbocycles. The first-order valence-corrected chi connectivity index (χ1v) is 11.2. The zero-order valence-corrected chi connectivity index (χ0v) is 18.0. The van der Waals surface area contributed by atoms with Gasteiger partial charge in [-0.3, -0.25) is 9.59 Å². The van der Waals surface area contributed by atoms with Crippen molar-refractivity contribution in [3.8, 4) is 11.3 Å². The molecule has 2 aromatic carbocycles. The summed E-state index contributed by atoms with van der Waals surface area (Å²) in [6, 6.07) is 18.8. The summed E-state index contributed by atoms with van der Waals surface area (Å²) in [5.74, 6) is -0.326. The average Bonchev–Trinajstić information content (AvgIpc) is 3.29. The minimum Gasteiger partial charge on any atom is -0.378 e. The van der Waals surface area contributed by atoms with Crippen LogP contribution in [0.15, 0.2) is 65.5 Å². The summed E-state index contributed by atoms with van der Waals surface area (Å²) in [4.78, 5) is 32.6. The number of aromatic nitrogens is 3. The fourth-order valence-corrected chi connectivity index (χ4v) is 4.70. The third kappa shape index (κ3) is 4.12. The van der Waals surface area contributed by atoms with E-state index in [1.54, 1.807) is 12.1 Å². The van der Waals surface area contributed by atoms with Crippen LogP contribution in [-0.2, 0) is 16.1 Å². The van der Waals surface area contributed by atoms with E-state index in [1.807, 2.05) is 48.5 Å². The quantitative estimate of drug-likeness (QED) is 0.506. The van der Waals surface area contributed by atoms with Gasteiger partial charge in [-0.05, 0) is 12.1 Å². The summed E-state index contributed by atoms with van der Waals surface area (Å²) in [6.45, 7) is 2.50. The summed E-state index contributed by atoms with van der Waals surface area (Å²) in [5.41, 5.74) is 2.13. The number of hydrogen-bond acceptors (Lipinski definition) is 7. The van der Waals surface area contributed by atoms with Gasteiger partial charge in [-0.1, -0.05) is 59.9 Å². The van der Waals surface area contributed by atoms with E-state index in [9.17, 15) is 9.59 Å². The molecule has 0 atom stereocenters. The maximum Gasteiger partial charge on any atom is 0.294 e. The zero-order chi connectivity index (χ0) is 21.9. The Morgan fingerprint density at radius 1 is 1.03 bits per heavy atom. The molecule has 5 rings (SSSR count). The predicted octanol–water partition coefficient (Wildman–Crippen LogP) is 3.00. The van der Waals surface area contributed by atoms with Crippen molar-refractivity contribution >= 4 is 38.3 Å². The summed E-state index contributed by atoms with van der Waals surface area (Å²) < 4.78 is 7.36. The van der Waals surface area contributed by atoms with Gasteiger partial charge in [0.25, 0.3) is 5.56 Å². The third-order valence-electron chi connectivity index (χ3n) is 5.17. The molecule has 0 unspecified atom stereocenters. The van der Waals surface area contributed by atoms with E-state index in [4.69, 9.17) is 4.74 Å². The minimum absolute atomic E-state index is 0.200. The molecule has 1 amide bonds. The molecular weight excluding hydrogens is 426 g/mol. The van der Waals surface area contributed by atoms with Gasteiger partial charge in [-0.15, -0.1) is 0 Å². The molecule has 0 spiro atoms. The Morgan fingerprint density at radius 3 is 2.44 bits per heavy atom. The molecule has 4 aromatic rings. The van der Waals surface area contributed by atoms with Crippen LogP contribution in [0.5, 0.6) is 0 Å². The van der Waals surface area contributed by atoms with E-state index in [0.29, 0.717) is 30.1 Å². The van der Waals surface area contributed by atoms with E-state index < -0.39 is 0 Å². The molecule has 162 valence electrons. The zero-order valence-electron chi connectivity index (χ0n) is 17.2. The molecule has 1 aliphatic heterocycles. The van der Waals surface area contributed by atoms with Crippen LogP contribution in [-0.4, -0.2) is 47.0 Å². The van der Waals surface area contributed by atoms with Crippen LogP contribution in [0, 0.1) is 0 Å². The van der Waals surface area contributed by atoms with Crippen molar-refractivity contribution in [2.45, 2.75) is 6.54 Å². The number of ether oxygens (including phenoxy) is 1. The number of carbonyl (C=O) groups excluding carboxylic acids is 1. The Hall–Kier alpha value is -3.56. The number of anilines is 2. The van der Waals surface area contributed by atoms with Crippen LogP contribution >= 0.6 is 11.3 Å². The van der Waals surface area contributed by atoms with Crippen molar-refractivity contribution in [2.24, 2.45) is 0 Å². The molecule has 8 nitrogen and oxygen atoms in total. The largest absolute Gasteiger partial charge is 0.378 e. The van der Waals surface area contributed by atoms with Crippen molar-refractivity contribution < 1.29 is 9.53 Å². The Kier molecular flexibility index (Phi) is 5.66. The van der Waals surface area contributed by atoms with Crippen LogP contribution < -0.4 is 15.8 Å². The SMILES string of the molecule is O=C(Cn1nc(-c2ccccc2)c2sc(N3CCOCC3)nc2c1=O)Nc1ccccc1. The minimum atomic E-state index is -0.376. The number of para-hydroxylation sites is 1. The number of hydrogen-bond donors (Lipinski definition) is 1. The molecule has 1 fully saturated rings. The molecule has 9 heteroatoms. The fourth-order valence-electron chi connectivity index (χ4n) is 3.59. The molecule has 0 bridgehead atoms. The molecule has 2 aromatic heterocycles. The second-order valence-corrected chi connectivity index (χ2v) is 8.34. The maximum atomic E-state index is 13.2. The molecule has 32 heavy (non-hydrogen) atoms. The highest BCUT2D eigenvalue weighted by Crippen LogP contribution is 2.33. The summed E-state index contributed by atoms with van der Waals surface area (Å²) in [6.07, 6.45) is 0. The molecular formula is C23H21N5O3S. The Morgan fingerprint density at radius 2 is 1.72 bits per heavy atom. The smallest absolute Gasteiger partial charge is 0.294 e. The van der Waals surface area contributed by atoms with Gasteiger partial charge < -0.3 is 15.0 Å². The van der Waals surface area contributed by atoms with Crippen molar-refractivity contribution in [2.75, 3.05) is 36.5 Å². The number of amides is 1. The van der Waals surface area contributed by atoms with Gasteiger partial charge in [-0.2, -0.15) is 5.10 Å². The van der Waals surface area contributed by atoms with Crippen LogP contribution in [0.3, 0.4) is 0 Å². The summed E-state index contributed by atoms with van der Waals surface area (Å²) in [5, 5.41) is 8.15. The number of morpholine rings is 1. The highest BCUT2D eigenvalue weighted by atomic mass is 32.1. The monoisotopic (exact) mass is 447 g/mol. The van der Waals surface area contributed by atoms with Gasteiger partial charge in [0.15, 0.2) is 10.6 Å². The molecule has 1 N–H and O–H groups in total. The van der Waals surface area contributed by atoms with E-state index in [2.05, 4.69) is 20.3 Å². The highest BCUT2D eigenvalue weighted by Gasteiger charge is 2.22. The van der Waals surface area contributed by atoms with Crippen molar-refractivity contribution in [1.29, 1.82) is 0 Å². The number of thiazole rings is 1. The first-order chi connectivity index (χ1) is 15.7. The van der Waals surface area contributed by atoms with E-state index >= 15 is 0 Å². The van der Waals surface area contributed by atoms with Gasteiger partial charge in [0, 0.05) is 24.3 Å². The van der Waals surface area contributed by atoms with Crippen molar-refractivity contribution in [1.82, 2.24) is 14.8 Å². The normalized spacial score (nSPS) is 13.9. The average molecular weight is 448 g/mol. The summed E-state index contributed by atoms with van der Waals surface area (Å²) >= 11 is 1.45. The highest BCUT2D eigenvalue weighted by molar-refractivity contribution is 7.22. The van der Waals surface area contributed by atoms with Gasteiger partial charge in [-0.25, -0.2) is 9.67 Å². The Bertz CT molecular complexity index is 1300. The Balaban J connectivity index is 1.56. The van der Waals surface area contributed by atoms with Gasteiger partial charge >= 0.3 is 0 Å². The molecule has 1 aliphatic rings. The van der Waals surface area contributed by atoms with Crippen LogP contribution in [0.1, 0.15) is 0 Å². The number of carbonyl (C=O) groups is 1. The lowest BCUT2D eigenvalue weighted by Crippen LogP contribution is -2.36. The Labute approximate surface area is 188 Å². The molecule has 0 aliphatic carbocycles. The van der Waals surface area contributed by atoms with Crippen LogP contribution in [0.2, 0.25) is 0 Å². The maximum absolute atomic E-state index is 13.2. The van der Waals surface area contributed by atoms with Gasteiger partial charge in [0.05, 0.1) is 17.9 Å². The molecule has 1 saturated heterocycles.